The number of rotatable bonds is 7. The van der Waals surface area contributed by atoms with Crippen molar-refractivity contribution in [3.8, 4) is 11.5 Å². The van der Waals surface area contributed by atoms with Crippen LogP contribution in [-0.4, -0.2) is 52.8 Å². The van der Waals surface area contributed by atoms with E-state index in [-0.39, 0.29) is 35.4 Å². The molecule has 0 aliphatic carbocycles. The van der Waals surface area contributed by atoms with E-state index in [4.69, 9.17) is 16.3 Å². The molecule has 10 heteroatoms. The minimum atomic E-state index is -0.970. The SMILES string of the molecule is CCOc1cc(/C=N/NC(=O)CCN2C(=O)NC(C)(C)C2=O)cc(Cl)c1O. The highest BCUT2D eigenvalue weighted by atomic mass is 35.5. The van der Waals surface area contributed by atoms with Gasteiger partial charge in [-0.05, 0) is 38.5 Å². The standard InChI is InChI=1S/C17H21ClN4O5/c1-4-27-12-8-10(7-11(18)14(12)24)9-19-21-13(23)5-6-22-15(25)17(2,3)20-16(22)26/h7-9,24H,4-6H2,1-3H3,(H,20,26)(H,21,23)/b19-9+. The molecule has 0 aromatic heterocycles. The van der Waals surface area contributed by atoms with E-state index in [9.17, 15) is 19.5 Å². The lowest BCUT2D eigenvalue weighted by atomic mass is 10.1. The van der Waals surface area contributed by atoms with Crippen LogP contribution in [0.5, 0.6) is 11.5 Å². The Kier molecular flexibility index (Phi) is 6.27. The zero-order valence-corrected chi connectivity index (χ0v) is 16.0. The second-order valence-electron chi connectivity index (χ2n) is 6.34. The van der Waals surface area contributed by atoms with E-state index < -0.39 is 17.5 Å². The van der Waals surface area contributed by atoms with Gasteiger partial charge in [0.25, 0.3) is 5.91 Å². The lowest BCUT2D eigenvalue weighted by Crippen LogP contribution is -2.40. The largest absolute Gasteiger partial charge is 0.503 e. The molecule has 0 unspecified atom stereocenters. The summed E-state index contributed by atoms with van der Waals surface area (Å²) >= 11 is 5.91. The highest BCUT2D eigenvalue weighted by Gasteiger charge is 2.43. The van der Waals surface area contributed by atoms with Gasteiger partial charge in [-0.15, -0.1) is 0 Å². The summed E-state index contributed by atoms with van der Waals surface area (Å²) in [6, 6.07) is 2.46. The number of carbonyl (C=O) groups is 3. The first kappa shape index (κ1) is 20.5. The molecule has 4 amide bonds. The Morgan fingerprint density at radius 1 is 1.44 bits per heavy atom. The Hall–Kier alpha value is -2.81. The molecule has 0 atom stereocenters. The van der Waals surface area contributed by atoms with Gasteiger partial charge in [-0.25, -0.2) is 10.2 Å². The van der Waals surface area contributed by atoms with Crippen LogP contribution in [0.3, 0.4) is 0 Å². The van der Waals surface area contributed by atoms with Gasteiger partial charge in [-0.1, -0.05) is 11.6 Å². The Bertz CT molecular complexity index is 794. The maximum atomic E-state index is 12.0. The quantitative estimate of drug-likeness (QED) is 0.367. The van der Waals surface area contributed by atoms with E-state index in [1.807, 2.05) is 0 Å². The van der Waals surface area contributed by atoms with Gasteiger partial charge in [0.15, 0.2) is 11.5 Å². The Balaban J connectivity index is 1.90. The third-order valence-electron chi connectivity index (χ3n) is 3.76. The number of ether oxygens (including phenoxy) is 1. The van der Waals surface area contributed by atoms with Crippen LogP contribution >= 0.6 is 11.6 Å². The molecule has 1 aromatic carbocycles. The number of benzene rings is 1. The summed E-state index contributed by atoms with van der Waals surface area (Å²) in [5.41, 5.74) is 1.85. The number of nitrogens with one attached hydrogen (secondary N) is 2. The molecule has 1 fully saturated rings. The number of hydrogen-bond donors (Lipinski definition) is 3. The minimum Gasteiger partial charge on any atom is -0.503 e. The fourth-order valence-electron chi connectivity index (χ4n) is 2.40. The minimum absolute atomic E-state index is 0.0467. The number of imide groups is 1. The maximum Gasteiger partial charge on any atom is 0.325 e. The van der Waals surface area contributed by atoms with Crippen molar-refractivity contribution in [1.82, 2.24) is 15.6 Å². The van der Waals surface area contributed by atoms with Gasteiger partial charge in [-0.3, -0.25) is 14.5 Å². The van der Waals surface area contributed by atoms with Gasteiger partial charge in [-0.2, -0.15) is 5.10 Å². The molecule has 1 aromatic rings. The third kappa shape index (κ3) is 4.88. The number of urea groups is 1. The van der Waals surface area contributed by atoms with Gasteiger partial charge < -0.3 is 15.2 Å². The fraction of sp³-hybridized carbons (Fsp3) is 0.412. The zero-order valence-electron chi connectivity index (χ0n) is 15.2. The highest BCUT2D eigenvalue weighted by Crippen LogP contribution is 2.34. The van der Waals surface area contributed by atoms with E-state index in [0.29, 0.717) is 12.2 Å². The van der Waals surface area contributed by atoms with Crippen LogP contribution < -0.4 is 15.5 Å². The predicted molar refractivity (Wildman–Crippen MR) is 99.0 cm³/mol. The smallest absolute Gasteiger partial charge is 0.325 e. The van der Waals surface area contributed by atoms with E-state index in [2.05, 4.69) is 15.8 Å². The van der Waals surface area contributed by atoms with Gasteiger partial charge in [0.1, 0.15) is 5.54 Å². The van der Waals surface area contributed by atoms with Crippen molar-refractivity contribution < 1.29 is 24.2 Å². The van der Waals surface area contributed by atoms with Crippen LogP contribution in [0.2, 0.25) is 5.02 Å². The van der Waals surface area contributed by atoms with Gasteiger partial charge >= 0.3 is 6.03 Å². The van der Waals surface area contributed by atoms with Crippen molar-refractivity contribution in [2.75, 3.05) is 13.2 Å². The molecular formula is C17H21ClN4O5. The number of phenols is 1. The van der Waals surface area contributed by atoms with Crippen LogP contribution in [0.15, 0.2) is 17.2 Å². The topological polar surface area (TPSA) is 120 Å². The first-order valence-electron chi connectivity index (χ1n) is 8.27. The molecule has 0 spiro atoms. The molecular weight excluding hydrogens is 376 g/mol. The van der Waals surface area contributed by atoms with Crippen LogP contribution in [0.1, 0.15) is 32.8 Å². The summed E-state index contributed by atoms with van der Waals surface area (Å²) in [6.07, 6.45) is 1.25. The van der Waals surface area contributed by atoms with Crippen LogP contribution in [0.25, 0.3) is 0 Å². The van der Waals surface area contributed by atoms with Crippen molar-refractivity contribution in [3.63, 3.8) is 0 Å². The summed E-state index contributed by atoms with van der Waals surface area (Å²) < 4.78 is 5.26. The number of aromatic hydroxyl groups is 1. The fourth-order valence-corrected chi connectivity index (χ4v) is 2.62. The molecule has 1 aliphatic heterocycles. The zero-order chi connectivity index (χ0) is 20.2. The lowest BCUT2D eigenvalue weighted by molar-refractivity contribution is -0.130. The Labute approximate surface area is 161 Å². The molecule has 1 aliphatic rings. The first-order chi connectivity index (χ1) is 12.7. The van der Waals surface area contributed by atoms with Gasteiger partial charge in [0, 0.05) is 13.0 Å². The average Bonchev–Trinajstić information content (AvgIpc) is 2.78. The van der Waals surface area contributed by atoms with Gasteiger partial charge in [0.2, 0.25) is 5.91 Å². The van der Waals surface area contributed by atoms with Crippen molar-refractivity contribution in [3.05, 3.63) is 22.7 Å². The van der Waals surface area contributed by atoms with Crippen LogP contribution in [0, 0.1) is 0 Å². The predicted octanol–water partition coefficient (Wildman–Crippen LogP) is 1.61. The van der Waals surface area contributed by atoms with E-state index in [0.717, 1.165) is 4.90 Å². The van der Waals surface area contributed by atoms with E-state index in [1.165, 1.54) is 18.3 Å². The van der Waals surface area contributed by atoms with Crippen molar-refractivity contribution >= 4 is 35.7 Å². The summed E-state index contributed by atoms with van der Waals surface area (Å²) in [6.45, 7) is 5.25. The number of halogens is 1. The summed E-state index contributed by atoms with van der Waals surface area (Å²) in [5.74, 6) is -0.812. The molecule has 2 rings (SSSR count). The number of nitrogens with zero attached hydrogens (tertiary/aromatic N) is 2. The second kappa shape index (κ2) is 8.26. The average molecular weight is 397 g/mol. The first-order valence-corrected chi connectivity index (χ1v) is 8.65. The summed E-state index contributed by atoms with van der Waals surface area (Å²) in [5, 5.41) is 16.2. The highest BCUT2D eigenvalue weighted by molar-refractivity contribution is 6.32. The van der Waals surface area contributed by atoms with E-state index in [1.54, 1.807) is 20.8 Å². The number of hydrogen-bond acceptors (Lipinski definition) is 6. The Morgan fingerprint density at radius 2 is 2.15 bits per heavy atom. The molecule has 1 heterocycles. The van der Waals surface area contributed by atoms with Gasteiger partial charge in [0.05, 0.1) is 17.8 Å². The van der Waals surface area contributed by atoms with E-state index >= 15 is 0 Å². The Morgan fingerprint density at radius 3 is 2.74 bits per heavy atom. The molecule has 3 N–H and O–H groups in total. The van der Waals surface area contributed by atoms with Crippen molar-refractivity contribution in [2.24, 2.45) is 5.10 Å². The summed E-state index contributed by atoms with van der Waals surface area (Å²) in [7, 11) is 0. The molecule has 146 valence electrons. The monoisotopic (exact) mass is 396 g/mol. The molecule has 0 saturated carbocycles. The van der Waals surface area contributed by atoms with Crippen LogP contribution in [0.4, 0.5) is 4.79 Å². The summed E-state index contributed by atoms with van der Waals surface area (Å²) in [4.78, 5) is 36.6. The normalized spacial score (nSPS) is 15.9. The molecule has 0 bridgehead atoms. The molecule has 27 heavy (non-hydrogen) atoms. The van der Waals surface area contributed by atoms with Crippen molar-refractivity contribution in [1.29, 1.82) is 0 Å². The number of carbonyl (C=O) groups excluding carboxylic acids is 3. The third-order valence-corrected chi connectivity index (χ3v) is 4.05. The van der Waals surface area contributed by atoms with Crippen molar-refractivity contribution in [2.45, 2.75) is 32.7 Å². The number of hydrazone groups is 1. The lowest BCUT2D eigenvalue weighted by Gasteiger charge is -2.15. The second-order valence-corrected chi connectivity index (χ2v) is 6.74. The number of amides is 4. The molecule has 0 radical (unpaired) electrons. The molecule has 1 saturated heterocycles. The van der Waals surface area contributed by atoms with Crippen LogP contribution in [-0.2, 0) is 9.59 Å². The maximum absolute atomic E-state index is 12.0. The molecule has 9 nitrogen and oxygen atoms in total. The number of phenolic OH excluding ortho intramolecular Hbond substituents is 1.